The summed E-state index contributed by atoms with van der Waals surface area (Å²) in [5.74, 6) is 10.6. The predicted molar refractivity (Wildman–Crippen MR) is 285 cm³/mol. The van der Waals surface area contributed by atoms with E-state index in [0.29, 0.717) is 51.8 Å². The molecule has 2 unspecified atom stereocenters. The number of carbonyl (C=O) groups excluding carboxylic acids is 6. The first-order chi connectivity index (χ1) is 36.5. The molecule has 4 fully saturated rings. The third-order valence-corrected chi connectivity index (χ3v) is 16.9. The zero-order chi connectivity index (χ0) is 52.8. The second kappa shape index (κ2) is 26.8. The number of nitrogens with zero attached hydrogens (tertiary/aromatic N) is 2. The molecule has 2 aromatic carbocycles. The zero-order valence-corrected chi connectivity index (χ0v) is 44.6. The highest BCUT2D eigenvalue weighted by molar-refractivity contribution is 5.95. The molecule has 6 aliphatic rings. The average molecular weight is 1030 g/mol. The van der Waals surface area contributed by atoms with Crippen molar-refractivity contribution < 1.29 is 38.2 Å². The molecule has 2 aromatic rings. The quantitative estimate of drug-likeness (QED) is 0.0878. The Kier molecular flexibility index (Phi) is 19.8. The van der Waals surface area contributed by atoms with E-state index in [4.69, 9.17) is 9.47 Å². The largest absolute Gasteiger partial charge is 0.368 e. The predicted octanol–water partition coefficient (Wildman–Crippen LogP) is 4.17. The molecule has 0 radical (unpaired) electrons. The third kappa shape index (κ3) is 13.6. The number of amides is 6. The van der Waals surface area contributed by atoms with Gasteiger partial charge in [0, 0.05) is 25.4 Å². The Bertz CT molecular complexity index is 2470. The lowest BCUT2D eigenvalue weighted by molar-refractivity contribution is -0.143. The summed E-state index contributed by atoms with van der Waals surface area (Å²) >= 11 is 0. The normalized spacial score (nSPS) is 25.0. The Labute approximate surface area is 444 Å². The minimum atomic E-state index is -0.676. The van der Waals surface area contributed by atoms with Gasteiger partial charge in [0.05, 0.1) is 36.9 Å². The zero-order valence-electron chi connectivity index (χ0n) is 44.6. The summed E-state index contributed by atoms with van der Waals surface area (Å²) < 4.78 is 12.4. The molecule has 0 spiro atoms. The van der Waals surface area contributed by atoms with Gasteiger partial charge in [0.15, 0.2) is 0 Å². The standard InChI is InChI=1S/C59H80N8O8/c1-38(60-3)54(68)63-51(40-21-9-7-10-22-40)58(72)66-31-19-29-47(66)56(70)62-50-44(35-42-25-13-15-27-45(42)50)37-74-33-17-5-6-18-34-75-49-36-43-26-14-16-28-46(43)53(49)65-57(71)48-30-20-32-67(48)59(73)52(41-23-11-8-12-24-41)64-55(69)39(2)61-4/h13-16,25-28,38-41,44,47-53,60-61H,7-12,19-24,29-37H2,1-4H3,(H,62,70)(H,63,68)(H,64,69)(H,65,71)/t38-,39-,44?,47-,48-,49+,50+,51-,52?,53-/m1/s1. The van der Waals surface area contributed by atoms with Crippen LogP contribution in [0.25, 0.3) is 0 Å². The fourth-order valence-electron chi connectivity index (χ4n) is 12.5. The van der Waals surface area contributed by atoms with Gasteiger partial charge in [-0.2, -0.15) is 0 Å². The van der Waals surface area contributed by atoms with Crippen molar-refractivity contribution in [1.29, 1.82) is 0 Å². The van der Waals surface area contributed by atoms with Crippen LogP contribution >= 0.6 is 0 Å². The lowest BCUT2D eigenvalue weighted by Gasteiger charge is -2.35. The molecular formula is C59H80N8O8. The van der Waals surface area contributed by atoms with E-state index in [1.54, 1.807) is 37.7 Å². The summed E-state index contributed by atoms with van der Waals surface area (Å²) in [7, 11) is 3.45. The van der Waals surface area contributed by atoms with Crippen LogP contribution in [0, 0.1) is 41.4 Å². The van der Waals surface area contributed by atoms with Crippen molar-refractivity contribution in [1.82, 2.24) is 41.7 Å². The van der Waals surface area contributed by atoms with Gasteiger partial charge in [-0.3, -0.25) is 28.8 Å². The van der Waals surface area contributed by atoms with Gasteiger partial charge < -0.3 is 51.2 Å². The molecule has 6 amide bonds. The number of benzene rings is 2. The highest BCUT2D eigenvalue weighted by Crippen LogP contribution is 2.38. The molecule has 2 aliphatic heterocycles. The van der Waals surface area contributed by atoms with E-state index >= 15 is 0 Å². The number of fused-ring (bicyclic) bond motifs is 2. The van der Waals surface area contributed by atoms with Crippen molar-refractivity contribution in [2.24, 2.45) is 17.8 Å². The number of nitrogens with one attached hydrogen (secondary N) is 6. The Morgan fingerprint density at radius 2 is 1.05 bits per heavy atom. The van der Waals surface area contributed by atoms with E-state index in [1.807, 2.05) is 42.5 Å². The molecule has 4 aliphatic carbocycles. The second-order valence-electron chi connectivity index (χ2n) is 21.7. The van der Waals surface area contributed by atoms with Crippen LogP contribution in [0.15, 0.2) is 48.5 Å². The van der Waals surface area contributed by atoms with Crippen LogP contribution in [0.3, 0.4) is 0 Å². The maximum absolute atomic E-state index is 14.3. The summed E-state index contributed by atoms with van der Waals surface area (Å²) in [6.07, 6.45) is 13.2. The molecular weight excluding hydrogens is 949 g/mol. The van der Waals surface area contributed by atoms with Crippen LogP contribution in [0.5, 0.6) is 0 Å². The summed E-state index contributed by atoms with van der Waals surface area (Å²) in [4.78, 5) is 86.7. The van der Waals surface area contributed by atoms with Gasteiger partial charge in [-0.05, 0) is 132 Å². The smallest absolute Gasteiger partial charge is 0.246 e. The minimum Gasteiger partial charge on any atom is -0.368 e. The Morgan fingerprint density at radius 3 is 1.57 bits per heavy atom. The lowest BCUT2D eigenvalue weighted by atomic mass is 9.83. The topological polar surface area (TPSA) is 200 Å². The lowest BCUT2D eigenvalue weighted by Crippen LogP contribution is -2.58. The summed E-state index contributed by atoms with van der Waals surface area (Å²) in [6, 6.07) is 11.8. The Balaban J connectivity index is 0.837. The molecule has 2 heterocycles. The molecule has 8 rings (SSSR count). The highest BCUT2D eigenvalue weighted by Gasteiger charge is 2.45. The van der Waals surface area contributed by atoms with Crippen molar-refractivity contribution >= 4 is 35.4 Å². The number of likely N-dealkylation sites (N-methyl/N-ethyl adjacent to an activating group) is 2. The maximum Gasteiger partial charge on any atom is 0.246 e. The second-order valence-corrected chi connectivity index (χ2v) is 21.7. The summed E-state index contributed by atoms with van der Waals surface area (Å²) in [5.41, 5.74) is 4.25. The molecule has 0 aromatic heterocycles. The highest BCUT2D eigenvalue weighted by atomic mass is 16.5. The van der Waals surface area contributed by atoms with Crippen LogP contribution in [-0.4, -0.2) is 135 Å². The van der Waals surface area contributed by atoms with Crippen molar-refractivity contribution in [2.45, 2.75) is 171 Å². The maximum atomic E-state index is 14.3. The first kappa shape index (κ1) is 55.5. The Morgan fingerprint density at radius 1 is 0.587 bits per heavy atom. The molecule has 16 heteroatoms. The number of carbonyl (C=O) groups is 6. The van der Waals surface area contributed by atoms with Gasteiger partial charge in [-0.25, -0.2) is 0 Å². The van der Waals surface area contributed by atoms with E-state index in [2.05, 4.69) is 61.6 Å². The van der Waals surface area contributed by atoms with Crippen LogP contribution in [-0.2, 0) is 51.1 Å². The van der Waals surface area contributed by atoms with Gasteiger partial charge in [0.25, 0.3) is 0 Å². The van der Waals surface area contributed by atoms with Crippen molar-refractivity contribution in [2.75, 3.05) is 47.0 Å². The van der Waals surface area contributed by atoms with Crippen LogP contribution < -0.4 is 31.9 Å². The molecule has 0 bridgehead atoms. The first-order valence-electron chi connectivity index (χ1n) is 27.9. The number of rotatable bonds is 19. The minimum absolute atomic E-state index is 0.0294. The number of likely N-dealkylation sites (tertiary alicyclic amines) is 2. The van der Waals surface area contributed by atoms with Gasteiger partial charge in [0.2, 0.25) is 35.4 Å². The SMILES string of the molecule is CN[C@H](C)C(=O)NC(C(=O)N1CCC[C@@H]1C(=O)N[C@@H]1c2ccccc2C[C@@H]1OCC#CC#CCOCC1Cc2ccccc2[C@H]1NC(=O)[C@H]1CCCN1C(=O)[C@H](NC(=O)[C@@H](C)NC)C1CCCCC1)C1CCCCC1. The molecule has 6 N–H and O–H groups in total. The van der Waals surface area contributed by atoms with E-state index in [9.17, 15) is 28.8 Å². The van der Waals surface area contributed by atoms with Crippen LogP contribution in [0.2, 0.25) is 0 Å². The monoisotopic (exact) mass is 1030 g/mol. The first-order valence-corrected chi connectivity index (χ1v) is 27.9. The van der Waals surface area contributed by atoms with E-state index in [0.717, 1.165) is 92.9 Å². The summed E-state index contributed by atoms with van der Waals surface area (Å²) in [6.45, 7) is 5.08. The van der Waals surface area contributed by atoms with Gasteiger partial charge in [-0.15, -0.1) is 0 Å². The van der Waals surface area contributed by atoms with Crippen molar-refractivity contribution in [3.63, 3.8) is 0 Å². The Hall–Kier alpha value is -5.78. The fourth-order valence-corrected chi connectivity index (χ4v) is 12.5. The molecule has 16 nitrogen and oxygen atoms in total. The number of ether oxygens (including phenoxy) is 2. The van der Waals surface area contributed by atoms with Gasteiger partial charge in [-0.1, -0.05) is 98.9 Å². The van der Waals surface area contributed by atoms with Gasteiger partial charge in [0.1, 0.15) is 37.4 Å². The molecule has 2 saturated carbocycles. The molecule has 75 heavy (non-hydrogen) atoms. The van der Waals surface area contributed by atoms with Crippen LogP contribution in [0.1, 0.15) is 138 Å². The van der Waals surface area contributed by atoms with Gasteiger partial charge >= 0.3 is 0 Å². The summed E-state index contributed by atoms with van der Waals surface area (Å²) in [5, 5.41) is 18.7. The fraction of sp³-hybridized carbons (Fsp3) is 0.627. The van der Waals surface area contributed by atoms with Crippen molar-refractivity contribution in [3.8, 4) is 23.7 Å². The van der Waals surface area contributed by atoms with E-state index in [-0.39, 0.29) is 78.6 Å². The van der Waals surface area contributed by atoms with Crippen LogP contribution in [0.4, 0.5) is 0 Å². The molecule has 2 saturated heterocycles. The van der Waals surface area contributed by atoms with Crippen molar-refractivity contribution in [3.05, 3.63) is 70.8 Å². The third-order valence-electron chi connectivity index (χ3n) is 16.9. The average Bonchev–Trinajstić information content (AvgIpc) is 4.27. The van der Waals surface area contributed by atoms with E-state index < -0.39 is 42.3 Å². The number of hydrogen-bond acceptors (Lipinski definition) is 10. The molecule has 10 atom stereocenters. The molecule has 404 valence electrons. The number of hydrogen-bond donors (Lipinski definition) is 6. The van der Waals surface area contributed by atoms with E-state index in [1.165, 1.54) is 0 Å².